The minimum absolute atomic E-state index is 0. The summed E-state index contributed by atoms with van der Waals surface area (Å²) in [4.78, 5) is 0. The van der Waals surface area contributed by atoms with Crippen molar-refractivity contribution in [3.63, 3.8) is 0 Å². The van der Waals surface area contributed by atoms with Crippen LogP contribution in [0.1, 0.15) is 57.1 Å². The van der Waals surface area contributed by atoms with Crippen molar-refractivity contribution in [2.75, 3.05) is 19.8 Å². The zero-order chi connectivity index (χ0) is 13.9. The van der Waals surface area contributed by atoms with E-state index in [4.69, 9.17) is 4.74 Å². The van der Waals surface area contributed by atoms with Gasteiger partial charge in [0.2, 0.25) is 0 Å². The van der Waals surface area contributed by atoms with Gasteiger partial charge in [-0.05, 0) is 36.4 Å². The molecule has 20 heavy (non-hydrogen) atoms. The number of hydrogen-bond donors (Lipinski definition) is 1. The number of ether oxygens (including phenoxy) is 1. The third-order valence-electron chi connectivity index (χ3n) is 3.26. The van der Waals surface area contributed by atoms with Gasteiger partial charge in [0.15, 0.2) is 0 Å². The Morgan fingerprint density at radius 3 is 2.30 bits per heavy atom. The highest BCUT2D eigenvalue weighted by Gasteiger charge is 1.98. The summed E-state index contributed by atoms with van der Waals surface area (Å²) in [5, 5.41) is 3.46. The third-order valence-corrected chi connectivity index (χ3v) is 3.26. The Labute approximate surface area is 130 Å². The van der Waals surface area contributed by atoms with Gasteiger partial charge in [0, 0.05) is 19.8 Å². The van der Waals surface area contributed by atoms with Crippen molar-refractivity contribution in [3.05, 3.63) is 35.4 Å². The van der Waals surface area contributed by atoms with Crippen LogP contribution in [-0.4, -0.2) is 19.8 Å². The molecule has 0 heterocycles. The van der Waals surface area contributed by atoms with Crippen LogP contribution in [0.5, 0.6) is 0 Å². The molecule has 0 radical (unpaired) electrons. The third kappa shape index (κ3) is 8.57. The zero-order valence-corrected chi connectivity index (χ0v) is 14.0. The standard InChI is InChI=1S/C17H29NO.ClH/c1-4-5-12-19-13-6-11-18-14-16-7-9-17(10-8-16)15(2)3;/h7-10,15,18H,4-6,11-14H2,1-3H3;1H. The van der Waals surface area contributed by atoms with Crippen molar-refractivity contribution in [1.82, 2.24) is 5.32 Å². The van der Waals surface area contributed by atoms with E-state index in [1.807, 2.05) is 0 Å². The van der Waals surface area contributed by atoms with Gasteiger partial charge in [-0.15, -0.1) is 12.4 Å². The summed E-state index contributed by atoms with van der Waals surface area (Å²) in [6, 6.07) is 8.91. The van der Waals surface area contributed by atoms with Crippen molar-refractivity contribution in [2.24, 2.45) is 0 Å². The summed E-state index contributed by atoms with van der Waals surface area (Å²) in [5.74, 6) is 0.613. The molecule has 0 bridgehead atoms. The van der Waals surface area contributed by atoms with E-state index in [0.717, 1.165) is 32.7 Å². The average Bonchev–Trinajstić information content (AvgIpc) is 2.42. The molecule has 116 valence electrons. The van der Waals surface area contributed by atoms with E-state index < -0.39 is 0 Å². The molecule has 0 aliphatic carbocycles. The topological polar surface area (TPSA) is 21.3 Å². The molecule has 1 aromatic rings. The first-order chi connectivity index (χ1) is 9.24. The predicted octanol–water partition coefficient (Wildman–Crippen LogP) is 4.53. The molecule has 2 nitrogen and oxygen atoms in total. The van der Waals surface area contributed by atoms with Crippen LogP contribution in [0, 0.1) is 0 Å². The van der Waals surface area contributed by atoms with Crippen LogP contribution in [0.3, 0.4) is 0 Å². The number of rotatable bonds is 10. The maximum Gasteiger partial charge on any atom is 0.0478 e. The summed E-state index contributed by atoms with van der Waals surface area (Å²) in [6.07, 6.45) is 3.48. The lowest BCUT2D eigenvalue weighted by Crippen LogP contribution is -2.16. The fourth-order valence-electron chi connectivity index (χ4n) is 1.90. The van der Waals surface area contributed by atoms with Crippen LogP contribution in [-0.2, 0) is 11.3 Å². The summed E-state index contributed by atoms with van der Waals surface area (Å²) in [5.41, 5.74) is 2.77. The van der Waals surface area contributed by atoms with Gasteiger partial charge >= 0.3 is 0 Å². The Morgan fingerprint density at radius 1 is 1.05 bits per heavy atom. The summed E-state index contributed by atoms with van der Waals surface area (Å²) >= 11 is 0. The second-order valence-electron chi connectivity index (χ2n) is 5.39. The molecule has 1 N–H and O–H groups in total. The first-order valence-corrected chi connectivity index (χ1v) is 7.61. The van der Waals surface area contributed by atoms with E-state index in [1.165, 1.54) is 24.0 Å². The number of halogens is 1. The van der Waals surface area contributed by atoms with Gasteiger partial charge in [0.25, 0.3) is 0 Å². The Balaban J connectivity index is 0.00000361. The van der Waals surface area contributed by atoms with E-state index in [1.54, 1.807) is 0 Å². The molecule has 0 spiro atoms. The van der Waals surface area contributed by atoms with Gasteiger partial charge in [-0.25, -0.2) is 0 Å². The van der Waals surface area contributed by atoms with E-state index in [2.05, 4.69) is 50.4 Å². The highest BCUT2D eigenvalue weighted by molar-refractivity contribution is 5.85. The van der Waals surface area contributed by atoms with E-state index in [9.17, 15) is 0 Å². The lowest BCUT2D eigenvalue weighted by molar-refractivity contribution is 0.129. The molecule has 0 saturated heterocycles. The lowest BCUT2D eigenvalue weighted by Gasteiger charge is -2.08. The molecule has 0 aliphatic rings. The van der Waals surface area contributed by atoms with Crippen molar-refractivity contribution in [3.8, 4) is 0 Å². The average molecular weight is 300 g/mol. The normalized spacial score (nSPS) is 10.6. The molecule has 0 aromatic heterocycles. The first-order valence-electron chi connectivity index (χ1n) is 7.61. The van der Waals surface area contributed by atoms with Gasteiger partial charge in [-0.1, -0.05) is 51.5 Å². The van der Waals surface area contributed by atoms with Crippen LogP contribution in [0.2, 0.25) is 0 Å². The first kappa shape index (κ1) is 19.4. The second kappa shape index (κ2) is 12.2. The predicted molar refractivity (Wildman–Crippen MR) is 89.8 cm³/mol. The fraction of sp³-hybridized carbons (Fsp3) is 0.647. The molecule has 0 atom stereocenters. The quantitative estimate of drug-likeness (QED) is 0.641. The Bertz CT molecular complexity index is 324. The molecule has 0 fully saturated rings. The Hall–Kier alpha value is -0.570. The van der Waals surface area contributed by atoms with Crippen LogP contribution in [0.15, 0.2) is 24.3 Å². The molecule has 0 amide bonds. The zero-order valence-electron chi connectivity index (χ0n) is 13.2. The molecule has 1 aromatic carbocycles. The van der Waals surface area contributed by atoms with Gasteiger partial charge in [-0.2, -0.15) is 0 Å². The maximum absolute atomic E-state index is 5.53. The van der Waals surface area contributed by atoms with Crippen molar-refractivity contribution in [2.45, 2.75) is 52.5 Å². The van der Waals surface area contributed by atoms with E-state index in [-0.39, 0.29) is 12.4 Å². The van der Waals surface area contributed by atoms with E-state index in [0.29, 0.717) is 5.92 Å². The number of nitrogens with one attached hydrogen (secondary N) is 1. The molecule has 0 saturated carbocycles. The molecule has 0 aliphatic heterocycles. The Morgan fingerprint density at radius 2 is 1.70 bits per heavy atom. The van der Waals surface area contributed by atoms with Gasteiger partial charge in [0.05, 0.1) is 0 Å². The van der Waals surface area contributed by atoms with Crippen LogP contribution >= 0.6 is 12.4 Å². The summed E-state index contributed by atoms with van der Waals surface area (Å²) < 4.78 is 5.53. The number of unbranched alkanes of at least 4 members (excludes halogenated alkanes) is 1. The molecular weight excluding hydrogens is 270 g/mol. The summed E-state index contributed by atoms with van der Waals surface area (Å²) in [6.45, 7) is 10.4. The smallest absolute Gasteiger partial charge is 0.0478 e. The molecule has 0 unspecified atom stereocenters. The molecule has 1 rings (SSSR count). The highest BCUT2D eigenvalue weighted by atomic mass is 35.5. The van der Waals surface area contributed by atoms with Crippen LogP contribution in [0.25, 0.3) is 0 Å². The van der Waals surface area contributed by atoms with Crippen molar-refractivity contribution in [1.29, 1.82) is 0 Å². The van der Waals surface area contributed by atoms with Crippen LogP contribution < -0.4 is 5.32 Å². The van der Waals surface area contributed by atoms with Gasteiger partial charge in [-0.3, -0.25) is 0 Å². The largest absolute Gasteiger partial charge is 0.381 e. The molecule has 3 heteroatoms. The number of hydrogen-bond acceptors (Lipinski definition) is 2. The van der Waals surface area contributed by atoms with Crippen LogP contribution in [0.4, 0.5) is 0 Å². The fourth-order valence-corrected chi connectivity index (χ4v) is 1.90. The SMILES string of the molecule is CCCCOCCCNCc1ccc(C(C)C)cc1.Cl. The number of benzene rings is 1. The Kier molecular flexibility index (Phi) is 11.8. The minimum atomic E-state index is 0. The van der Waals surface area contributed by atoms with Crippen molar-refractivity contribution < 1.29 is 4.74 Å². The monoisotopic (exact) mass is 299 g/mol. The lowest BCUT2D eigenvalue weighted by atomic mass is 10.0. The summed E-state index contributed by atoms with van der Waals surface area (Å²) in [7, 11) is 0. The minimum Gasteiger partial charge on any atom is -0.381 e. The van der Waals surface area contributed by atoms with Gasteiger partial charge < -0.3 is 10.1 Å². The molecular formula is C17H30ClNO. The maximum atomic E-state index is 5.53. The van der Waals surface area contributed by atoms with Crippen molar-refractivity contribution >= 4 is 12.4 Å². The van der Waals surface area contributed by atoms with Gasteiger partial charge in [0.1, 0.15) is 0 Å². The highest BCUT2D eigenvalue weighted by Crippen LogP contribution is 2.14. The van der Waals surface area contributed by atoms with E-state index >= 15 is 0 Å². The second-order valence-corrected chi connectivity index (χ2v) is 5.39.